The van der Waals surface area contributed by atoms with Crippen LogP contribution in [0.4, 0.5) is 0 Å². The molecule has 2 heterocycles. The van der Waals surface area contributed by atoms with Gasteiger partial charge in [-0.05, 0) is 54.5 Å². The maximum absolute atomic E-state index is 13.3. The number of carbonyl (C=O) groups is 1. The Labute approximate surface area is 204 Å². The predicted octanol–water partition coefficient (Wildman–Crippen LogP) is 3.75. The van der Waals surface area contributed by atoms with Crippen molar-refractivity contribution < 1.29 is 14.3 Å². The Balaban J connectivity index is 1.74. The maximum Gasteiger partial charge on any atom is 0.269 e. The zero-order valence-electron chi connectivity index (χ0n) is 18.5. The Kier molecular flexibility index (Phi) is 6.62. The monoisotopic (exact) mass is 497 g/mol. The Morgan fingerprint density at radius 1 is 1.15 bits per heavy atom. The smallest absolute Gasteiger partial charge is 0.269 e. The second-order valence-corrected chi connectivity index (χ2v) is 8.17. The number of H-pyrrole nitrogens is 1. The van der Waals surface area contributed by atoms with Crippen LogP contribution in [-0.4, -0.2) is 39.6 Å². The van der Waals surface area contributed by atoms with Crippen molar-refractivity contribution in [3.63, 3.8) is 0 Å². The lowest BCUT2D eigenvalue weighted by Crippen LogP contribution is -2.25. The predicted molar refractivity (Wildman–Crippen MR) is 131 cm³/mol. The van der Waals surface area contributed by atoms with Gasteiger partial charge in [0.05, 0.1) is 31.2 Å². The molecule has 0 saturated carbocycles. The summed E-state index contributed by atoms with van der Waals surface area (Å²) in [6.07, 6.45) is 0. The van der Waals surface area contributed by atoms with Crippen molar-refractivity contribution in [2.45, 2.75) is 13.5 Å². The zero-order chi connectivity index (χ0) is 24.4. The van der Waals surface area contributed by atoms with Crippen LogP contribution in [0, 0.1) is 11.7 Å². The number of nitrogens with zero attached hydrogens (tertiary/aromatic N) is 3. The molecule has 1 amide bonds. The van der Waals surface area contributed by atoms with Crippen molar-refractivity contribution in [2.75, 3.05) is 14.2 Å². The van der Waals surface area contributed by atoms with Crippen molar-refractivity contribution in [2.24, 2.45) is 0 Å². The molecule has 9 nitrogen and oxygen atoms in total. The molecule has 0 aliphatic rings. The Hall–Kier alpha value is -3.76. The van der Waals surface area contributed by atoms with Crippen LogP contribution in [0.2, 0.25) is 5.02 Å². The van der Waals surface area contributed by atoms with E-state index in [1.807, 2.05) is 12.1 Å². The highest BCUT2D eigenvalue weighted by atomic mass is 35.5. The fourth-order valence-corrected chi connectivity index (χ4v) is 3.91. The third kappa shape index (κ3) is 4.63. The molecule has 4 aromatic rings. The van der Waals surface area contributed by atoms with Gasteiger partial charge in [0.25, 0.3) is 11.5 Å². The average molecular weight is 498 g/mol. The van der Waals surface area contributed by atoms with Crippen molar-refractivity contribution in [3.05, 3.63) is 79.3 Å². The molecule has 2 aromatic carbocycles. The van der Waals surface area contributed by atoms with Crippen LogP contribution in [0.1, 0.15) is 21.5 Å². The molecule has 11 heteroatoms. The minimum Gasteiger partial charge on any atom is -0.481 e. The molecule has 2 aromatic heterocycles. The molecule has 174 valence electrons. The van der Waals surface area contributed by atoms with Gasteiger partial charge in [0.15, 0.2) is 4.77 Å². The van der Waals surface area contributed by atoms with Crippen LogP contribution in [0.3, 0.4) is 0 Å². The number of carbonyl (C=O) groups excluding carboxylic acids is 1. The van der Waals surface area contributed by atoms with Crippen LogP contribution < -0.4 is 20.3 Å². The van der Waals surface area contributed by atoms with Gasteiger partial charge in [-0.3, -0.25) is 9.59 Å². The normalized spacial score (nSPS) is 10.8. The first kappa shape index (κ1) is 23.4. The zero-order valence-corrected chi connectivity index (χ0v) is 20.1. The number of fused-ring (bicyclic) bond motifs is 1. The molecule has 0 aliphatic heterocycles. The molecule has 0 spiro atoms. The van der Waals surface area contributed by atoms with E-state index in [1.165, 1.54) is 20.3 Å². The van der Waals surface area contributed by atoms with E-state index < -0.39 is 5.56 Å². The molecule has 0 bridgehead atoms. The topological polar surface area (TPSA) is 111 Å². The fraction of sp³-hybridized carbons (Fsp3) is 0.174. The van der Waals surface area contributed by atoms with Crippen molar-refractivity contribution in [1.29, 1.82) is 0 Å². The molecule has 0 fully saturated rings. The second-order valence-electron chi connectivity index (χ2n) is 7.35. The summed E-state index contributed by atoms with van der Waals surface area (Å²) in [6.45, 7) is 2.06. The SMILES string of the molecule is COc1cc(OC)nc(-n2c(=S)[nH]c3cc(C(=O)NCc4cccc(Cl)c4)c(C)cc3c2=O)n1. The van der Waals surface area contributed by atoms with Gasteiger partial charge in [0.1, 0.15) is 0 Å². The highest BCUT2D eigenvalue weighted by Gasteiger charge is 2.17. The summed E-state index contributed by atoms with van der Waals surface area (Å²) >= 11 is 11.4. The fourth-order valence-electron chi connectivity index (χ4n) is 3.42. The highest BCUT2D eigenvalue weighted by Crippen LogP contribution is 2.20. The van der Waals surface area contributed by atoms with Gasteiger partial charge in [-0.1, -0.05) is 23.7 Å². The number of nitrogens with one attached hydrogen (secondary N) is 2. The molecular formula is C23H20ClN5O4S. The van der Waals surface area contributed by atoms with Gasteiger partial charge < -0.3 is 19.8 Å². The van der Waals surface area contributed by atoms with E-state index in [4.69, 9.17) is 33.3 Å². The molecule has 0 unspecified atom stereocenters. The van der Waals surface area contributed by atoms with E-state index in [0.717, 1.165) is 10.1 Å². The van der Waals surface area contributed by atoms with Crippen LogP contribution in [0.5, 0.6) is 11.8 Å². The van der Waals surface area contributed by atoms with Gasteiger partial charge in [0, 0.05) is 17.1 Å². The maximum atomic E-state index is 13.3. The molecule has 0 radical (unpaired) electrons. The van der Waals surface area contributed by atoms with Crippen molar-refractivity contribution >= 4 is 40.6 Å². The van der Waals surface area contributed by atoms with Gasteiger partial charge in [-0.2, -0.15) is 9.97 Å². The van der Waals surface area contributed by atoms with Gasteiger partial charge in [-0.25, -0.2) is 4.57 Å². The summed E-state index contributed by atoms with van der Waals surface area (Å²) < 4.78 is 11.5. The molecule has 0 atom stereocenters. The molecule has 2 N–H and O–H groups in total. The summed E-state index contributed by atoms with van der Waals surface area (Å²) in [5, 5.41) is 3.79. The quantitative estimate of drug-likeness (QED) is 0.390. The van der Waals surface area contributed by atoms with E-state index in [2.05, 4.69) is 20.3 Å². The summed E-state index contributed by atoms with van der Waals surface area (Å²) in [5.41, 5.74) is 1.88. The lowest BCUT2D eigenvalue weighted by molar-refractivity contribution is 0.0950. The first-order valence-corrected chi connectivity index (χ1v) is 10.9. The molecule has 34 heavy (non-hydrogen) atoms. The van der Waals surface area contributed by atoms with Crippen LogP contribution in [0.15, 0.2) is 47.3 Å². The first-order chi connectivity index (χ1) is 16.3. The number of hydrogen-bond donors (Lipinski definition) is 2. The molecule has 4 rings (SSSR count). The van der Waals surface area contributed by atoms with Crippen LogP contribution in [0.25, 0.3) is 16.9 Å². The first-order valence-electron chi connectivity index (χ1n) is 10.1. The van der Waals surface area contributed by atoms with E-state index in [0.29, 0.717) is 33.6 Å². The number of aromatic nitrogens is 4. The van der Waals surface area contributed by atoms with Gasteiger partial charge in [-0.15, -0.1) is 0 Å². The number of amides is 1. The second kappa shape index (κ2) is 9.62. The lowest BCUT2D eigenvalue weighted by atomic mass is 10.0. The average Bonchev–Trinajstić information content (AvgIpc) is 2.82. The number of hydrogen-bond acceptors (Lipinski definition) is 7. The Morgan fingerprint density at radius 2 is 1.85 bits per heavy atom. The lowest BCUT2D eigenvalue weighted by Gasteiger charge is -2.12. The van der Waals surface area contributed by atoms with E-state index in [-0.39, 0.29) is 28.4 Å². The number of methoxy groups -OCH3 is 2. The van der Waals surface area contributed by atoms with Gasteiger partial charge >= 0.3 is 0 Å². The summed E-state index contributed by atoms with van der Waals surface area (Å²) in [7, 11) is 2.88. The number of halogens is 1. The minimum atomic E-state index is -0.442. The minimum absolute atomic E-state index is 0.00495. The van der Waals surface area contributed by atoms with Crippen molar-refractivity contribution in [3.8, 4) is 17.7 Å². The standard InChI is InChI=1S/C23H20ClN5O4S/c1-12-7-16-17(9-15(12)20(30)25-11-13-5-4-6-14(24)8-13)26-23(34)29(21(16)31)22-27-18(32-2)10-19(28-22)33-3/h4-10H,11H2,1-3H3,(H,25,30)(H,26,34). The molecule has 0 saturated heterocycles. The van der Waals surface area contributed by atoms with Crippen LogP contribution in [-0.2, 0) is 6.54 Å². The Bertz CT molecular complexity index is 1510. The summed E-state index contributed by atoms with van der Waals surface area (Å²) in [5.74, 6) is 0.145. The Morgan fingerprint density at radius 3 is 2.50 bits per heavy atom. The third-order valence-electron chi connectivity index (χ3n) is 5.12. The van der Waals surface area contributed by atoms with Gasteiger partial charge in [0.2, 0.25) is 17.7 Å². The van der Waals surface area contributed by atoms with E-state index >= 15 is 0 Å². The number of aromatic amines is 1. The number of ether oxygens (including phenoxy) is 2. The largest absolute Gasteiger partial charge is 0.481 e. The number of aryl methyl sites for hydroxylation is 1. The number of rotatable bonds is 6. The molecule has 0 aliphatic carbocycles. The van der Waals surface area contributed by atoms with E-state index in [1.54, 1.807) is 31.2 Å². The van der Waals surface area contributed by atoms with E-state index in [9.17, 15) is 9.59 Å². The van der Waals surface area contributed by atoms with Crippen LogP contribution >= 0.6 is 23.8 Å². The third-order valence-corrected chi connectivity index (χ3v) is 5.63. The summed E-state index contributed by atoms with van der Waals surface area (Å²) in [4.78, 5) is 37.6. The highest BCUT2D eigenvalue weighted by molar-refractivity contribution is 7.71. The van der Waals surface area contributed by atoms with Crippen molar-refractivity contribution in [1.82, 2.24) is 24.8 Å². The number of benzene rings is 2. The summed E-state index contributed by atoms with van der Waals surface area (Å²) in [6, 6.07) is 12.0. The molecular weight excluding hydrogens is 478 g/mol.